The first kappa shape index (κ1) is 19.6. The van der Waals surface area contributed by atoms with E-state index in [9.17, 15) is 4.79 Å². The van der Waals surface area contributed by atoms with Crippen LogP contribution in [0.3, 0.4) is 0 Å². The summed E-state index contributed by atoms with van der Waals surface area (Å²) in [5, 5.41) is 17.4. The lowest BCUT2D eigenvalue weighted by Gasteiger charge is -2.16. The summed E-state index contributed by atoms with van der Waals surface area (Å²) in [5.41, 5.74) is 1.12. The van der Waals surface area contributed by atoms with Gasteiger partial charge in [-0.1, -0.05) is 65.6 Å². The topological polar surface area (TPSA) is 76.1 Å². The molecule has 0 bridgehead atoms. The lowest BCUT2D eigenvalue weighted by Crippen LogP contribution is -2.28. The number of fused-ring (bicyclic) bond motifs is 1. The Morgan fingerprint density at radius 1 is 1.22 bits per heavy atom. The molecule has 1 aromatic heterocycles. The number of benzene rings is 2. The minimum atomic E-state index is -0.0649. The van der Waals surface area contributed by atoms with Crippen LogP contribution in [-0.4, -0.2) is 42.1 Å². The zero-order valence-electron chi connectivity index (χ0n) is 15.3. The number of ether oxygens (including phenoxy) is 1. The predicted octanol–water partition coefficient (Wildman–Crippen LogP) is 3.72. The van der Waals surface area contributed by atoms with E-state index >= 15 is 0 Å². The summed E-state index contributed by atoms with van der Waals surface area (Å²) in [6.45, 7) is 3.29. The first-order valence-corrected chi connectivity index (χ1v) is 10.4. The monoisotopic (exact) mass is 402 g/mol. The van der Waals surface area contributed by atoms with Gasteiger partial charge in [0, 0.05) is 13.7 Å². The number of amides is 1. The Hall–Kier alpha value is -2.16. The maximum atomic E-state index is 12.3. The molecule has 2 N–H and O–H groups in total. The van der Waals surface area contributed by atoms with E-state index in [1.54, 1.807) is 7.11 Å². The third kappa shape index (κ3) is 5.41. The molecule has 1 atom stereocenters. The molecule has 1 amide bonds. The molecule has 1 unspecified atom stereocenters. The Bertz CT molecular complexity index is 895. The van der Waals surface area contributed by atoms with Gasteiger partial charge in [0.05, 0.1) is 18.4 Å². The summed E-state index contributed by atoms with van der Waals surface area (Å²) in [5.74, 6) is 0.284. The minimum Gasteiger partial charge on any atom is -0.383 e. The number of methoxy groups -OCH3 is 1. The summed E-state index contributed by atoms with van der Waals surface area (Å²) in [6.07, 6.45) is 0. The Morgan fingerprint density at radius 2 is 2.04 bits per heavy atom. The van der Waals surface area contributed by atoms with Crippen LogP contribution in [0.25, 0.3) is 10.8 Å². The molecule has 27 heavy (non-hydrogen) atoms. The molecule has 0 spiro atoms. The van der Waals surface area contributed by atoms with E-state index < -0.39 is 0 Å². The number of rotatable bonds is 9. The summed E-state index contributed by atoms with van der Waals surface area (Å²) in [7, 11) is 1.65. The van der Waals surface area contributed by atoms with Crippen LogP contribution in [0.4, 0.5) is 5.13 Å². The van der Waals surface area contributed by atoms with Crippen molar-refractivity contribution >= 4 is 44.9 Å². The van der Waals surface area contributed by atoms with Crippen LogP contribution in [0.15, 0.2) is 46.8 Å². The maximum Gasteiger partial charge on any atom is 0.230 e. The van der Waals surface area contributed by atoms with Gasteiger partial charge in [-0.2, -0.15) is 0 Å². The van der Waals surface area contributed by atoms with Crippen molar-refractivity contribution in [3.8, 4) is 0 Å². The molecule has 6 nitrogen and oxygen atoms in total. The van der Waals surface area contributed by atoms with Gasteiger partial charge >= 0.3 is 0 Å². The number of hydrogen-bond donors (Lipinski definition) is 2. The lowest BCUT2D eigenvalue weighted by molar-refractivity contribution is -0.119. The van der Waals surface area contributed by atoms with Gasteiger partial charge < -0.3 is 15.4 Å². The number of carbonyl (C=O) groups excluding carboxylic acids is 1. The predicted molar refractivity (Wildman–Crippen MR) is 112 cm³/mol. The van der Waals surface area contributed by atoms with Gasteiger partial charge in [0.25, 0.3) is 0 Å². The number of aromatic nitrogens is 2. The van der Waals surface area contributed by atoms with Gasteiger partial charge in [0.1, 0.15) is 0 Å². The van der Waals surface area contributed by atoms with Crippen molar-refractivity contribution in [2.45, 2.75) is 17.3 Å². The zero-order valence-corrected chi connectivity index (χ0v) is 16.9. The molecule has 142 valence electrons. The summed E-state index contributed by atoms with van der Waals surface area (Å²) in [6, 6.07) is 14.3. The quantitative estimate of drug-likeness (QED) is 0.420. The minimum absolute atomic E-state index is 0.0236. The van der Waals surface area contributed by atoms with Crippen molar-refractivity contribution in [2.75, 3.05) is 31.3 Å². The normalized spacial score (nSPS) is 12.1. The van der Waals surface area contributed by atoms with Crippen LogP contribution in [0.2, 0.25) is 0 Å². The average Bonchev–Trinajstić information content (AvgIpc) is 3.14. The van der Waals surface area contributed by atoms with Gasteiger partial charge in [-0.3, -0.25) is 4.79 Å². The fraction of sp³-hybridized carbons (Fsp3) is 0.316. The fourth-order valence-corrected chi connectivity index (χ4v) is 4.30. The molecule has 1 heterocycles. The van der Waals surface area contributed by atoms with Crippen molar-refractivity contribution in [1.82, 2.24) is 15.5 Å². The molecule has 0 saturated carbocycles. The summed E-state index contributed by atoms with van der Waals surface area (Å²) < 4.78 is 5.75. The lowest BCUT2D eigenvalue weighted by atomic mass is 10.00. The summed E-state index contributed by atoms with van der Waals surface area (Å²) in [4.78, 5) is 12.3. The van der Waals surface area contributed by atoms with Crippen molar-refractivity contribution in [2.24, 2.45) is 0 Å². The Balaban J connectivity index is 1.53. The van der Waals surface area contributed by atoms with Crippen LogP contribution in [0.5, 0.6) is 0 Å². The molecule has 3 aromatic rings. The molecular weight excluding hydrogens is 380 g/mol. The second kappa shape index (κ2) is 9.68. The smallest absolute Gasteiger partial charge is 0.230 e. The third-order valence-corrected chi connectivity index (χ3v) is 6.00. The van der Waals surface area contributed by atoms with E-state index in [2.05, 4.69) is 45.1 Å². The fourth-order valence-electron chi connectivity index (χ4n) is 2.72. The van der Waals surface area contributed by atoms with E-state index in [0.717, 1.165) is 20.4 Å². The Kier molecular flexibility index (Phi) is 7.03. The molecule has 0 aliphatic rings. The highest BCUT2D eigenvalue weighted by Crippen LogP contribution is 2.26. The zero-order chi connectivity index (χ0) is 19.1. The van der Waals surface area contributed by atoms with Gasteiger partial charge in [0.2, 0.25) is 11.0 Å². The molecule has 0 aliphatic heterocycles. The first-order chi connectivity index (χ1) is 13.2. The molecule has 0 saturated heterocycles. The number of anilines is 1. The van der Waals surface area contributed by atoms with Crippen LogP contribution < -0.4 is 10.6 Å². The highest BCUT2D eigenvalue weighted by molar-refractivity contribution is 8.01. The number of nitrogens with zero attached hydrogens (tertiary/aromatic N) is 2. The third-order valence-electron chi connectivity index (χ3n) is 3.98. The first-order valence-electron chi connectivity index (χ1n) is 8.63. The molecular formula is C19H22N4O2S2. The largest absolute Gasteiger partial charge is 0.383 e. The Morgan fingerprint density at radius 3 is 2.89 bits per heavy atom. The van der Waals surface area contributed by atoms with Crippen molar-refractivity contribution in [1.29, 1.82) is 0 Å². The van der Waals surface area contributed by atoms with Crippen molar-refractivity contribution < 1.29 is 9.53 Å². The van der Waals surface area contributed by atoms with Gasteiger partial charge in [-0.15, -0.1) is 10.2 Å². The van der Waals surface area contributed by atoms with Crippen LogP contribution >= 0.6 is 23.1 Å². The van der Waals surface area contributed by atoms with Crippen molar-refractivity contribution in [3.63, 3.8) is 0 Å². The van der Waals surface area contributed by atoms with Gasteiger partial charge in [-0.05, 0) is 23.3 Å². The highest BCUT2D eigenvalue weighted by atomic mass is 32.2. The average molecular weight is 403 g/mol. The molecule has 3 rings (SSSR count). The molecule has 0 aliphatic carbocycles. The Labute approximate surface area is 166 Å². The van der Waals surface area contributed by atoms with E-state index in [0.29, 0.717) is 18.9 Å². The molecule has 8 heteroatoms. The van der Waals surface area contributed by atoms with Crippen LogP contribution in [0, 0.1) is 0 Å². The van der Waals surface area contributed by atoms with E-state index in [-0.39, 0.29) is 11.9 Å². The highest BCUT2D eigenvalue weighted by Gasteiger charge is 2.13. The van der Waals surface area contributed by atoms with Gasteiger partial charge in [-0.25, -0.2) is 0 Å². The number of nitrogens with one attached hydrogen (secondary N) is 2. The number of hydrogen-bond acceptors (Lipinski definition) is 7. The second-order valence-corrected chi connectivity index (χ2v) is 8.14. The molecule has 0 radical (unpaired) electrons. The standard InChI is InChI=1S/C19H22N4O2S2/c1-13(15-9-5-7-14-6-3-4-8-16(14)15)21-17(24)12-26-19-23-22-18(27-19)20-10-11-25-2/h3-9,13H,10-12H2,1-2H3,(H,20,22)(H,21,24). The van der Waals surface area contributed by atoms with Gasteiger partial charge in [0.15, 0.2) is 4.34 Å². The number of carbonyl (C=O) groups is 1. The maximum absolute atomic E-state index is 12.3. The van der Waals surface area contributed by atoms with Crippen LogP contribution in [0.1, 0.15) is 18.5 Å². The molecule has 0 fully saturated rings. The van der Waals surface area contributed by atoms with E-state index in [1.165, 1.54) is 28.5 Å². The summed E-state index contributed by atoms with van der Waals surface area (Å²) >= 11 is 2.83. The number of thioether (sulfide) groups is 1. The second-order valence-electron chi connectivity index (χ2n) is 5.94. The van der Waals surface area contributed by atoms with Crippen molar-refractivity contribution in [3.05, 3.63) is 48.0 Å². The van der Waals surface area contributed by atoms with E-state index in [1.807, 2.05) is 25.1 Å². The molecule has 2 aromatic carbocycles. The van der Waals surface area contributed by atoms with E-state index in [4.69, 9.17) is 4.74 Å². The SMILES string of the molecule is COCCNc1nnc(SCC(=O)NC(C)c2cccc3ccccc23)s1. The van der Waals surface area contributed by atoms with Crippen LogP contribution in [-0.2, 0) is 9.53 Å².